The number of phenolic OH excluding ortho intramolecular Hbond substituents is 1. The lowest BCUT2D eigenvalue weighted by atomic mass is 9.71. The monoisotopic (exact) mass is 1090 g/mol. The van der Waals surface area contributed by atoms with Gasteiger partial charge < -0.3 is 55.0 Å². The molecular formula is C60H74N12O6S. The van der Waals surface area contributed by atoms with Crippen molar-refractivity contribution in [3.05, 3.63) is 102 Å². The molecule has 1 aliphatic carbocycles. The molecular weight excluding hydrogens is 1020 g/mol. The minimum atomic E-state index is -0.800. The third kappa shape index (κ3) is 10.8. The van der Waals surface area contributed by atoms with Crippen LogP contribution in [0, 0.1) is 24.2 Å². The molecule has 5 saturated heterocycles. The summed E-state index contributed by atoms with van der Waals surface area (Å²) in [5, 5.41) is 37.5. The Balaban J connectivity index is 0.588. The lowest BCUT2D eigenvalue weighted by molar-refractivity contribution is -0.141. The van der Waals surface area contributed by atoms with Gasteiger partial charge in [-0.1, -0.05) is 55.4 Å². The number of phenols is 1. The molecule has 2 bridgehead atoms. The molecule has 5 N–H and O–H groups in total. The largest absolute Gasteiger partial charge is 0.507 e. The van der Waals surface area contributed by atoms with E-state index in [0.29, 0.717) is 52.1 Å². The van der Waals surface area contributed by atoms with Crippen molar-refractivity contribution in [3.63, 3.8) is 0 Å². The van der Waals surface area contributed by atoms with Crippen LogP contribution in [-0.4, -0.2) is 140 Å². The number of para-hydroxylation sites is 1. The van der Waals surface area contributed by atoms with Gasteiger partial charge in [-0.2, -0.15) is 0 Å². The highest BCUT2D eigenvalue weighted by Crippen LogP contribution is 2.45. The first kappa shape index (κ1) is 52.8. The van der Waals surface area contributed by atoms with E-state index < -0.39 is 18.1 Å². The summed E-state index contributed by atoms with van der Waals surface area (Å²) >= 11 is 1.60. The molecule has 2 unspecified atom stereocenters. The molecule has 0 radical (unpaired) electrons. The molecule has 1 spiro atoms. The number of β-amino-alcohol motifs (C(OH)–C–C–N with tert-alkyl or cyclic N) is 1. The fourth-order valence-corrected chi connectivity index (χ4v) is 14.5. The van der Waals surface area contributed by atoms with Crippen LogP contribution >= 0.6 is 11.3 Å². The van der Waals surface area contributed by atoms with Crippen LogP contribution in [0.15, 0.2) is 89.0 Å². The topological polar surface area (TPSA) is 216 Å². The molecule has 19 heteroatoms. The molecule has 5 aliphatic heterocycles. The van der Waals surface area contributed by atoms with Crippen molar-refractivity contribution >= 4 is 46.2 Å². The van der Waals surface area contributed by atoms with E-state index in [1.165, 1.54) is 12.8 Å². The van der Waals surface area contributed by atoms with E-state index in [0.717, 1.165) is 123 Å². The van der Waals surface area contributed by atoms with E-state index in [4.69, 9.17) is 15.0 Å². The first-order chi connectivity index (χ1) is 38.2. The number of nitrogens with one attached hydrogen (secondary N) is 1. The zero-order valence-corrected chi connectivity index (χ0v) is 46.6. The number of nitrogens with two attached hydrogens (primary N) is 1. The van der Waals surface area contributed by atoms with Gasteiger partial charge in [0.2, 0.25) is 17.7 Å². The maximum absolute atomic E-state index is 14.4. The van der Waals surface area contributed by atoms with E-state index in [9.17, 15) is 19.8 Å². The highest BCUT2D eigenvalue weighted by molar-refractivity contribution is 7.13. The third-order valence-electron chi connectivity index (χ3n) is 18.3. The SMILES string of the molecule is Cc1ncsc1-c1ccc([C@H](C)NC(=O)[C@@H]2C[C@@H](O)CN2C(=O)[C@H](c2cc(N3CCC4(CCN(C[C@H]5C[C@H](Oc6cc(N7C8CCC7CN(c7cc(-c9ccccc9O)nnc7N)C8)ccn6)C5)CC4)CC3)no2)C(C)C)cc1. The van der Waals surface area contributed by atoms with Crippen LogP contribution in [0.2, 0.25) is 0 Å². The number of amides is 2. The number of likely N-dealkylation sites (tertiary alicyclic amines) is 2. The Morgan fingerprint density at radius 2 is 1.62 bits per heavy atom. The van der Waals surface area contributed by atoms with E-state index in [-0.39, 0.29) is 48.6 Å². The Labute approximate surface area is 466 Å². The number of carbonyl (C=O) groups excluding carboxylic acids is 2. The van der Waals surface area contributed by atoms with Crippen molar-refractivity contribution in [2.24, 2.45) is 17.3 Å². The van der Waals surface area contributed by atoms with Gasteiger partial charge in [0, 0.05) is 87.4 Å². The number of aliphatic hydroxyl groups is 1. The maximum atomic E-state index is 14.4. The highest BCUT2D eigenvalue weighted by atomic mass is 32.1. The average molecular weight is 1090 g/mol. The van der Waals surface area contributed by atoms with Gasteiger partial charge in [-0.15, -0.1) is 21.5 Å². The van der Waals surface area contributed by atoms with Crippen LogP contribution in [-0.2, 0) is 9.59 Å². The van der Waals surface area contributed by atoms with Gasteiger partial charge in [-0.05, 0) is 131 Å². The van der Waals surface area contributed by atoms with E-state index in [1.807, 2.05) is 87.9 Å². The minimum absolute atomic E-state index is 0.0880. The van der Waals surface area contributed by atoms with Gasteiger partial charge >= 0.3 is 0 Å². The molecule has 416 valence electrons. The van der Waals surface area contributed by atoms with Gasteiger partial charge in [-0.3, -0.25) is 9.59 Å². The van der Waals surface area contributed by atoms with Gasteiger partial charge in [0.25, 0.3) is 0 Å². The van der Waals surface area contributed by atoms with Crippen LogP contribution in [0.1, 0.15) is 108 Å². The number of aromatic hydroxyl groups is 1. The molecule has 79 heavy (non-hydrogen) atoms. The van der Waals surface area contributed by atoms with Crippen molar-refractivity contribution in [3.8, 4) is 33.3 Å². The number of hydrogen-bond acceptors (Lipinski definition) is 17. The summed E-state index contributed by atoms with van der Waals surface area (Å²) in [4.78, 5) is 49.8. The number of carbonyl (C=O) groups is 2. The predicted molar refractivity (Wildman–Crippen MR) is 305 cm³/mol. The smallest absolute Gasteiger partial charge is 0.243 e. The number of piperidine rings is 2. The molecule has 2 amide bonds. The standard InChI is InChI=1S/C60H74N12O6S/c1-36(2)55(59(76)71-34-45(73)28-50(71)58(75)64-37(3)40-9-11-41(12-10-40)56-38(4)63-35-79-56)52-30-53(67-78-52)69-23-18-60(19-24-69)16-21-68(22-17-60)31-39-25-46(26-39)77-54-27-42(15-20-62-54)72-43-13-14-44(72)33-70(32-43)49-29-48(65-66-57(49)61)47-7-5-6-8-51(47)74/h5-12,15,20,27,29-30,35-37,39,43-46,50,55,73-74H,13-14,16-19,21-26,28,31-34H2,1-4H3,(H2,61,66)(H,64,75)/t37-,39-,43?,44?,45+,46-,50-,55-/m0/s1. The molecule has 18 nitrogen and oxygen atoms in total. The van der Waals surface area contributed by atoms with E-state index in [1.54, 1.807) is 28.4 Å². The second-order valence-electron chi connectivity index (χ2n) is 23.8. The van der Waals surface area contributed by atoms with Crippen molar-refractivity contribution in [1.82, 2.24) is 40.4 Å². The number of fused-ring (bicyclic) bond motifs is 2. The number of nitrogen functional groups attached to an aromatic ring is 1. The molecule has 6 fully saturated rings. The summed E-state index contributed by atoms with van der Waals surface area (Å²) in [5.74, 6) is 1.84. The summed E-state index contributed by atoms with van der Waals surface area (Å²) in [6.07, 6.45) is 10.3. The van der Waals surface area contributed by atoms with Gasteiger partial charge in [-0.25, -0.2) is 9.97 Å². The highest BCUT2D eigenvalue weighted by Gasteiger charge is 2.46. The normalized spacial score (nSPS) is 24.7. The van der Waals surface area contributed by atoms with Crippen molar-refractivity contribution in [1.29, 1.82) is 0 Å². The number of aliphatic hydroxyl groups excluding tert-OH is 1. The zero-order chi connectivity index (χ0) is 54.5. The van der Waals surface area contributed by atoms with Crippen molar-refractivity contribution in [2.75, 3.05) is 72.8 Å². The summed E-state index contributed by atoms with van der Waals surface area (Å²) < 4.78 is 12.5. The number of nitrogens with zero attached hydrogens (tertiary/aromatic N) is 10. The summed E-state index contributed by atoms with van der Waals surface area (Å²) in [6, 6.07) is 22.9. The molecule has 1 saturated carbocycles. The Morgan fingerprint density at radius 3 is 2.33 bits per heavy atom. The van der Waals surface area contributed by atoms with Gasteiger partial charge in [0.15, 0.2) is 17.4 Å². The van der Waals surface area contributed by atoms with Crippen LogP contribution in [0.25, 0.3) is 21.7 Å². The molecule has 12 rings (SSSR count). The zero-order valence-electron chi connectivity index (χ0n) is 45.8. The quantitative estimate of drug-likeness (QED) is 0.0762. The van der Waals surface area contributed by atoms with Gasteiger partial charge in [0.1, 0.15) is 23.8 Å². The predicted octanol–water partition coefficient (Wildman–Crippen LogP) is 8.22. The van der Waals surface area contributed by atoms with E-state index in [2.05, 4.69) is 62.4 Å². The van der Waals surface area contributed by atoms with Gasteiger partial charge in [0.05, 0.1) is 39.6 Å². The number of thiazole rings is 1. The number of benzene rings is 2. The Morgan fingerprint density at radius 1 is 0.886 bits per heavy atom. The van der Waals surface area contributed by atoms with Crippen molar-refractivity contribution in [2.45, 2.75) is 128 Å². The fraction of sp³-hybridized carbons (Fsp3) is 0.517. The first-order valence-electron chi connectivity index (χ1n) is 28.6. The lowest BCUT2D eigenvalue weighted by Gasteiger charge is -2.48. The Hall–Kier alpha value is -6.83. The molecule has 6 aromatic rings. The number of anilines is 4. The third-order valence-corrected chi connectivity index (χ3v) is 19.3. The van der Waals surface area contributed by atoms with Crippen LogP contribution in [0.3, 0.4) is 0 Å². The number of ether oxygens (including phenoxy) is 1. The number of piperazine rings is 1. The summed E-state index contributed by atoms with van der Waals surface area (Å²) in [7, 11) is 0. The molecule has 6 aliphatic rings. The summed E-state index contributed by atoms with van der Waals surface area (Å²) in [6.45, 7) is 14.7. The Bertz CT molecular complexity index is 3110. The lowest BCUT2D eigenvalue weighted by Crippen LogP contribution is -2.54. The first-order valence-corrected chi connectivity index (χ1v) is 29.4. The van der Waals surface area contributed by atoms with Crippen LogP contribution < -0.4 is 30.5 Å². The number of hydrogen-bond donors (Lipinski definition) is 4. The number of aromatic nitrogens is 5. The fourth-order valence-electron chi connectivity index (χ4n) is 13.7. The minimum Gasteiger partial charge on any atom is -0.507 e. The average Bonchev–Trinajstić information content (AvgIpc) is 4.40. The number of pyridine rings is 1. The maximum Gasteiger partial charge on any atom is 0.243 e. The van der Waals surface area contributed by atoms with Crippen LogP contribution in [0.5, 0.6) is 11.6 Å². The van der Waals surface area contributed by atoms with Crippen molar-refractivity contribution < 1.29 is 29.1 Å². The Kier molecular flexibility index (Phi) is 14.7. The number of rotatable bonds is 15. The second-order valence-corrected chi connectivity index (χ2v) is 24.6. The number of aryl methyl sites for hydroxylation is 1. The summed E-state index contributed by atoms with van der Waals surface area (Å²) in [5.41, 5.74) is 14.8. The molecule has 6 atom stereocenters. The van der Waals surface area contributed by atoms with E-state index >= 15 is 0 Å². The van der Waals surface area contributed by atoms with Crippen LogP contribution in [0.4, 0.5) is 23.0 Å². The molecule has 2 aromatic carbocycles. The molecule has 9 heterocycles. The second kappa shape index (κ2) is 22.0. The molecule has 4 aromatic heterocycles.